The van der Waals surface area contributed by atoms with E-state index in [1.165, 1.54) is 0 Å². The van der Waals surface area contributed by atoms with Crippen LogP contribution in [0.25, 0.3) is 5.95 Å². The van der Waals surface area contributed by atoms with Gasteiger partial charge in [-0.05, 0) is 64.8 Å². The minimum atomic E-state index is -0.722. The Kier molecular flexibility index (Phi) is 6.54. The summed E-state index contributed by atoms with van der Waals surface area (Å²) < 4.78 is 29.1. The number of amides is 1. The molecule has 1 aliphatic rings. The van der Waals surface area contributed by atoms with Crippen molar-refractivity contribution in [1.82, 2.24) is 24.6 Å². The summed E-state index contributed by atoms with van der Waals surface area (Å²) in [5, 5.41) is 4.56. The van der Waals surface area contributed by atoms with Crippen LogP contribution in [0.1, 0.15) is 51.5 Å². The predicted octanol–water partition coefficient (Wildman–Crippen LogP) is 3.84. The first kappa shape index (κ1) is 23.7. The highest BCUT2D eigenvalue weighted by Gasteiger charge is 2.30. The summed E-state index contributed by atoms with van der Waals surface area (Å²) in [4.78, 5) is 36.4. The topological polar surface area (TPSA) is 81.0 Å². The zero-order valence-electron chi connectivity index (χ0n) is 19.7. The van der Waals surface area contributed by atoms with Gasteiger partial charge in [0.15, 0.2) is 5.78 Å². The maximum Gasteiger partial charge on any atom is 0.251 e. The molecule has 0 N–H and O–H groups in total. The molecule has 1 fully saturated rings. The van der Waals surface area contributed by atoms with Gasteiger partial charge < -0.3 is 4.90 Å². The second-order valence-electron chi connectivity index (χ2n) is 8.83. The molecular weight excluding hydrogens is 440 g/mol. The molecule has 0 aliphatic carbocycles. The zero-order valence-corrected chi connectivity index (χ0v) is 19.7. The predicted molar refractivity (Wildman–Crippen MR) is 122 cm³/mol. The van der Waals surface area contributed by atoms with E-state index < -0.39 is 23.3 Å². The molecule has 7 nitrogen and oxygen atoms in total. The van der Waals surface area contributed by atoms with Gasteiger partial charge >= 0.3 is 0 Å². The van der Waals surface area contributed by atoms with E-state index in [-0.39, 0.29) is 17.9 Å². The number of halogens is 2. The van der Waals surface area contributed by atoms with E-state index in [4.69, 9.17) is 0 Å². The van der Waals surface area contributed by atoms with Gasteiger partial charge in [0, 0.05) is 41.7 Å². The van der Waals surface area contributed by atoms with Crippen LogP contribution < -0.4 is 0 Å². The van der Waals surface area contributed by atoms with Crippen molar-refractivity contribution >= 4 is 11.7 Å². The van der Waals surface area contributed by atoms with Crippen molar-refractivity contribution in [2.24, 2.45) is 5.92 Å². The number of benzene rings is 1. The third-order valence-electron chi connectivity index (χ3n) is 6.34. The summed E-state index contributed by atoms with van der Waals surface area (Å²) in [5.41, 5.74) is 3.82. The largest absolute Gasteiger partial charge is 0.342 e. The lowest BCUT2D eigenvalue weighted by Gasteiger charge is -2.31. The maximum atomic E-state index is 14.0. The Morgan fingerprint density at radius 3 is 2.29 bits per heavy atom. The third kappa shape index (κ3) is 4.73. The van der Waals surface area contributed by atoms with Gasteiger partial charge in [0.05, 0.1) is 17.7 Å². The van der Waals surface area contributed by atoms with Crippen molar-refractivity contribution in [3.05, 3.63) is 69.8 Å². The number of hydrogen-bond donors (Lipinski definition) is 0. The van der Waals surface area contributed by atoms with Crippen molar-refractivity contribution in [2.45, 2.75) is 47.0 Å². The summed E-state index contributed by atoms with van der Waals surface area (Å²) in [6.45, 7) is 8.31. The zero-order chi connectivity index (χ0) is 24.6. The summed E-state index contributed by atoms with van der Waals surface area (Å²) in [6, 6.07) is 4.79. The Labute approximate surface area is 196 Å². The van der Waals surface area contributed by atoms with Gasteiger partial charge in [-0.1, -0.05) is 0 Å². The van der Waals surface area contributed by atoms with Gasteiger partial charge in [-0.3, -0.25) is 9.59 Å². The van der Waals surface area contributed by atoms with E-state index in [2.05, 4.69) is 15.1 Å². The highest BCUT2D eigenvalue weighted by atomic mass is 19.1. The number of aryl methyl sites for hydroxylation is 3. The molecule has 1 saturated heterocycles. The number of ketones is 1. The normalized spacial score (nSPS) is 14.5. The van der Waals surface area contributed by atoms with Crippen LogP contribution >= 0.6 is 0 Å². The molecule has 2 aromatic heterocycles. The van der Waals surface area contributed by atoms with Gasteiger partial charge in [0.2, 0.25) is 5.91 Å². The molecule has 3 aromatic rings. The Bertz CT molecular complexity index is 1240. The molecule has 0 radical (unpaired) electrons. The molecule has 34 heavy (non-hydrogen) atoms. The van der Waals surface area contributed by atoms with Crippen LogP contribution in [0.2, 0.25) is 0 Å². The number of piperidine rings is 1. The summed E-state index contributed by atoms with van der Waals surface area (Å²) >= 11 is 0. The molecule has 178 valence electrons. The number of hydrogen-bond acceptors (Lipinski definition) is 5. The molecule has 3 heterocycles. The molecule has 0 atom stereocenters. The van der Waals surface area contributed by atoms with Gasteiger partial charge in [0.1, 0.15) is 11.6 Å². The fourth-order valence-electron chi connectivity index (χ4n) is 4.49. The quantitative estimate of drug-likeness (QED) is 0.533. The molecule has 1 amide bonds. The second kappa shape index (κ2) is 9.40. The number of carbonyl (C=O) groups excluding carboxylic acids is 2. The lowest BCUT2D eigenvalue weighted by Crippen LogP contribution is -2.41. The van der Waals surface area contributed by atoms with Crippen molar-refractivity contribution in [3.8, 4) is 5.95 Å². The second-order valence-corrected chi connectivity index (χ2v) is 8.83. The van der Waals surface area contributed by atoms with Crippen molar-refractivity contribution in [2.75, 3.05) is 13.1 Å². The Morgan fingerprint density at radius 1 is 1.00 bits per heavy atom. The molecule has 1 aliphatic heterocycles. The molecule has 0 saturated carbocycles. The Morgan fingerprint density at radius 2 is 1.65 bits per heavy atom. The first-order valence-corrected chi connectivity index (χ1v) is 11.3. The number of aromatic nitrogens is 4. The number of carbonyl (C=O) groups is 2. The Balaban J connectivity index is 1.43. The summed E-state index contributed by atoms with van der Waals surface area (Å²) in [5.74, 6) is -1.80. The molecule has 0 spiro atoms. The Hall–Kier alpha value is -3.49. The fraction of sp³-hybridized carbons (Fsp3) is 0.400. The van der Waals surface area contributed by atoms with Crippen molar-refractivity contribution in [1.29, 1.82) is 0 Å². The molecule has 0 unspecified atom stereocenters. The molecular formula is C25H27F2N5O2. The van der Waals surface area contributed by atoms with E-state index in [1.54, 1.807) is 9.58 Å². The first-order valence-electron chi connectivity index (χ1n) is 11.3. The lowest BCUT2D eigenvalue weighted by atomic mass is 9.88. The molecule has 1 aromatic carbocycles. The highest BCUT2D eigenvalue weighted by molar-refractivity contribution is 5.98. The van der Waals surface area contributed by atoms with Crippen molar-refractivity contribution < 1.29 is 18.4 Å². The van der Waals surface area contributed by atoms with Crippen LogP contribution in [0.5, 0.6) is 0 Å². The average Bonchev–Trinajstić information content (AvgIpc) is 3.08. The lowest BCUT2D eigenvalue weighted by molar-refractivity contribution is -0.131. The van der Waals surface area contributed by atoms with E-state index in [9.17, 15) is 18.4 Å². The number of rotatable bonds is 5. The molecule has 0 bridgehead atoms. The molecule has 9 heteroatoms. The van der Waals surface area contributed by atoms with Gasteiger partial charge in [0.25, 0.3) is 5.95 Å². The van der Waals surface area contributed by atoms with Crippen LogP contribution in [0, 0.1) is 45.2 Å². The van der Waals surface area contributed by atoms with Gasteiger partial charge in [-0.25, -0.2) is 23.4 Å². The smallest absolute Gasteiger partial charge is 0.251 e. The minimum absolute atomic E-state index is 0.0603. The van der Waals surface area contributed by atoms with Crippen LogP contribution in [0.15, 0.2) is 24.3 Å². The van der Waals surface area contributed by atoms with E-state index >= 15 is 0 Å². The van der Waals surface area contributed by atoms with Crippen LogP contribution in [0.4, 0.5) is 8.78 Å². The minimum Gasteiger partial charge on any atom is -0.342 e. The van der Waals surface area contributed by atoms with Crippen LogP contribution in [-0.4, -0.2) is 49.4 Å². The number of Topliss-reactive ketones (excluding diaryl/α,β-unsaturated/α-hetero) is 1. The van der Waals surface area contributed by atoms with Gasteiger partial charge in [-0.15, -0.1) is 0 Å². The number of likely N-dealkylation sites (tertiary alicyclic amines) is 1. The highest BCUT2D eigenvalue weighted by Crippen LogP contribution is 2.25. The number of nitrogens with zero attached hydrogens (tertiary/aromatic N) is 5. The molecule has 4 rings (SSSR count). The van der Waals surface area contributed by atoms with Crippen LogP contribution in [-0.2, 0) is 11.2 Å². The first-order chi connectivity index (χ1) is 16.1. The third-order valence-corrected chi connectivity index (χ3v) is 6.34. The SMILES string of the molecule is Cc1cc(C)nc(-n2nc(C)c(CC(=O)N3CCC(C(=O)c4cc(F)ccc4F)CC3)c2C)n1. The van der Waals surface area contributed by atoms with E-state index in [0.717, 1.165) is 46.5 Å². The van der Waals surface area contributed by atoms with Gasteiger partial charge in [-0.2, -0.15) is 5.10 Å². The monoisotopic (exact) mass is 467 g/mol. The van der Waals surface area contributed by atoms with Crippen molar-refractivity contribution in [3.63, 3.8) is 0 Å². The van der Waals surface area contributed by atoms with Crippen LogP contribution in [0.3, 0.4) is 0 Å². The fourth-order valence-corrected chi connectivity index (χ4v) is 4.49. The average molecular weight is 468 g/mol. The van der Waals surface area contributed by atoms with E-state index in [0.29, 0.717) is 31.9 Å². The summed E-state index contributed by atoms with van der Waals surface area (Å²) in [6.07, 6.45) is 1.00. The standard InChI is InChI=1S/C25H27F2N5O2/c1-14-11-15(2)29-25(28-14)32-17(4)20(16(3)30-32)13-23(33)31-9-7-18(8-10-31)24(34)21-12-19(26)5-6-22(21)27/h5-6,11-12,18H,7-10,13H2,1-4H3. The maximum absolute atomic E-state index is 14.0. The van der Waals surface area contributed by atoms with E-state index in [1.807, 2.05) is 33.8 Å². The summed E-state index contributed by atoms with van der Waals surface area (Å²) in [7, 11) is 0.